The van der Waals surface area contributed by atoms with Gasteiger partial charge in [-0.05, 0) is 67.9 Å². The number of unbranched alkanes of at least 4 members (excludes halogenated alkanes) is 1. The van der Waals surface area contributed by atoms with Gasteiger partial charge in [-0.2, -0.15) is 0 Å². The van der Waals surface area contributed by atoms with Crippen LogP contribution in [0.5, 0.6) is 5.75 Å². The zero-order valence-corrected chi connectivity index (χ0v) is 19.7. The van der Waals surface area contributed by atoms with Crippen molar-refractivity contribution in [3.8, 4) is 5.75 Å². The Balaban J connectivity index is 1.41. The van der Waals surface area contributed by atoms with Gasteiger partial charge < -0.3 is 19.7 Å². The summed E-state index contributed by atoms with van der Waals surface area (Å²) in [5.41, 5.74) is 3.86. The first-order valence-electron chi connectivity index (χ1n) is 11.7. The number of aryl methyl sites for hydroxylation is 4. The summed E-state index contributed by atoms with van der Waals surface area (Å²) >= 11 is 0. The molecular weight excluding hydrogens is 435 g/mol. The molecule has 1 aromatic carbocycles. The number of imidazole rings is 1. The first-order chi connectivity index (χ1) is 16.4. The highest BCUT2D eigenvalue weighted by atomic mass is 19.1. The monoisotopic (exact) mass is 466 g/mol. The number of hydrogen-bond acceptors (Lipinski definition) is 5. The molecule has 1 unspecified atom stereocenters. The van der Waals surface area contributed by atoms with E-state index in [0.717, 1.165) is 62.3 Å². The largest absolute Gasteiger partial charge is 0.494 e. The molecule has 1 atom stereocenters. The third kappa shape index (κ3) is 5.55. The highest BCUT2D eigenvalue weighted by molar-refractivity contribution is 5.68. The maximum atomic E-state index is 14.3. The first-order valence-corrected chi connectivity index (χ1v) is 11.7. The van der Waals surface area contributed by atoms with Crippen molar-refractivity contribution in [3.63, 3.8) is 0 Å². The minimum atomic E-state index is -0.960. The van der Waals surface area contributed by atoms with Crippen molar-refractivity contribution in [3.05, 3.63) is 70.7 Å². The standard InChI is InChI=1S/C26H31FN4O3/c1-31-16-20(8-4-3-7-19-11-9-17-6-5-13-28-25(17)29-19)30-26(31)21(15-24(32)33)18-10-12-23(34-2)22(27)14-18/h9-12,14,16,21H,3-8,13,15H2,1-2H3,(H,28,29)(H,32,33). The van der Waals surface area contributed by atoms with Crippen LogP contribution in [-0.2, 0) is 31.1 Å². The summed E-state index contributed by atoms with van der Waals surface area (Å²) in [6.45, 7) is 0.984. The molecule has 0 bridgehead atoms. The summed E-state index contributed by atoms with van der Waals surface area (Å²) in [5, 5.41) is 12.8. The second kappa shape index (κ2) is 10.7. The Morgan fingerprint density at radius 2 is 2.00 bits per heavy atom. The Hall–Kier alpha value is -3.42. The van der Waals surface area contributed by atoms with Gasteiger partial charge in [0.1, 0.15) is 11.6 Å². The second-order valence-electron chi connectivity index (χ2n) is 8.79. The van der Waals surface area contributed by atoms with Gasteiger partial charge in [0.2, 0.25) is 0 Å². The van der Waals surface area contributed by atoms with Crippen LogP contribution in [0, 0.1) is 5.82 Å². The number of fused-ring (bicyclic) bond motifs is 1. The maximum absolute atomic E-state index is 14.3. The highest BCUT2D eigenvalue weighted by Crippen LogP contribution is 2.30. The molecule has 0 fully saturated rings. The van der Waals surface area contributed by atoms with E-state index >= 15 is 0 Å². The topological polar surface area (TPSA) is 89.3 Å². The van der Waals surface area contributed by atoms with Crippen molar-refractivity contribution in [2.24, 2.45) is 7.05 Å². The molecular formula is C26H31FN4O3. The Morgan fingerprint density at radius 1 is 1.21 bits per heavy atom. The van der Waals surface area contributed by atoms with E-state index in [1.165, 1.54) is 24.8 Å². The Bertz CT molecular complexity index is 1160. The van der Waals surface area contributed by atoms with E-state index in [2.05, 4.69) is 17.4 Å². The summed E-state index contributed by atoms with van der Waals surface area (Å²) in [6, 6.07) is 8.85. The normalized spacial score (nSPS) is 13.7. The van der Waals surface area contributed by atoms with Crippen molar-refractivity contribution >= 4 is 11.8 Å². The molecule has 0 saturated heterocycles. The number of nitrogens with zero attached hydrogens (tertiary/aromatic N) is 3. The van der Waals surface area contributed by atoms with Gasteiger partial charge in [-0.25, -0.2) is 14.4 Å². The molecule has 0 radical (unpaired) electrons. The van der Waals surface area contributed by atoms with E-state index in [9.17, 15) is 14.3 Å². The van der Waals surface area contributed by atoms with Gasteiger partial charge in [-0.3, -0.25) is 4.79 Å². The van der Waals surface area contributed by atoms with Gasteiger partial charge in [-0.1, -0.05) is 12.1 Å². The Labute approximate surface area is 199 Å². The molecule has 7 nitrogen and oxygen atoms in total. The van der Waals surface area contributed by atoms with Crippen LogP contribution in [0.25, 0.3) is 0 Å². The van der Waals surface area contributed by atoms with Gasteiger partial charge in [0.15, 0.2) is 11.6 Å². The number of carbonyl (C=O) groups is 1. The molecule has 1 aliphatic heterocycles. The lowest BCUT2D eigenvalue weighted by Gasteiger charge is -2.17. The number of carboxylic acids is 1. The maximum Gasteiger partial charge on any atom is 0.304 e. The molecule has 180 valence electrons. The molecule has 0 saturated carbocycles. The third-order valence-corrected chi connectivity index (χ3v) is 6.30. The van der Waals surface area contributed by atoms with Crippen LogP contribution in [0.15, 0.2) is 36.5 Å². The number of pyridine rings is 1. The quantitative estimate of drug-likeness (QED) is 0.428. The smallest absolute Gasteiger partial charge is 0.304 e. The van der Waals surface area contributed by atoms with Crippen LogP contribution in [0.3, 0.4) is 0 Å². The van der Waals surface area contributed by atoms with Gasteiger partial charge in [0.05, 0.1) is 25.1 Å². The number of halogens is 1. The zero-order chi connectivity index (χ0) is 24.1. The molecule has 8 heteroatoms. The molecule has 3 aromatic rings. The lowest BCUT2D eigenvalue weighted by molar-refractivity contribution is -0.137. The van der Waals surface area contributed by atoms with Crippen molar-refractivity contribution in [1.29, 1.82) is 0 Å². The van der Waals surface area contributed by atoms with Gasteiger partial charge in [0.25, 0.3) is 0 Å². The number of aliphatic carboxylic acids is 1. The fraction of sp³-hybridized carbons (Fsp3) is 0.423. The number of hydrogen-bond donors (Lipinski definition) is 2. The van der Waals surface area contributed by atoms with Crippen LogP contribution in [-0.4, -0.2) is 39.3 Å². The van der Waals surface area contributed by atoms with Gasteiger partial charge in [-0.15, -0.1) is 0 Å². The number of ether oxygens (including phenoxy) is 1. The highest BCUT2D eigenvalue weighted by Gasteiger charge is 2.24. The van der Waals surface area contributed by atoms with E-state index in [-0.39, 0.29) is 12.2 Å². The van der Waals surface area contributed by atoms with Crippen molar-refractivity contribution in [1.82, 2.24) is 14.5 Å². The average molecular weight is 467 g/mol. The average Bonchev–Trinajstić information content (AvgIpc) is 3.20. The van der Waals surface area contributed by atoms with Gasteiger partial charge >= 0.3 is 5.97 Å². The molecule has 0 aliphatic carbocycles. The predicted molar refractivity (Wildman–Crippen MR) is 128 cm³/mol. The summed E-state index contributed by atoms with van der Waals surface area (Å²) in [4.78, 5) is 21.0. The van der Waals surface area contributed by atoms with Crippen LogP contribution in [0.2, 0.25) is 0 Å². The third-order valence-electron chi connectivity index (χ3n) is 6.30. The van der Waals surface area contributed by atoms with E-state index in [1.54, 1.807) is 6.07 Å². The summed E-state index contributed by atoms with van der Waals surface area (Å²) < 4.78 is 21.1. The molecule has 2 N–H and O–H groups in total. The molecule has 0 amide bonds. The first kappa shape index (κ1) is 23.7. The number of methoxy groups -OCH3 is 1. The van der Waals surface area contributed by atoms with Crippen molar-refractivity contribution in [2.75, 3.05) is 19.0 Å². The van der Waals surface area contributed by atoms with Crippen molar-refractivity contribution < 1.29 is 19.0 Å². The van der Waals surface area contributed by atoms with Crippen LogP contribution < -0.4 is 10.1 Å². The van der Waals surface area contributed by atoms with Crippen molar-refractivity contribution in [2.45, 2.75) is 50.9 Å². The molecule has 1 aliphatic rings. The Kier molecular flexibility index (Phi) is 7.45. The number of anilines is 1. The summed E-state index contributed by atoms with van der Waals surface area (Å²) in [6.07, 6.45) is 7.63. The molecule has 0 spiro atoms. The zero-order valence-electron chi connectivity index (χ0n) is 19.7. The second-order valence-corrected chi connectivity index (χ2v) is 8.79. The SMILES string of the molecule is COc1ccc(C(CC(=O)O)c2nc(CCCCc3ccc4c(n3)NCCC4)cn2C)cc1F. The number of aromatic nitrogens is 3. The Morgan fingerprint density at radius 3 is 2.74 bits per heavy atom. The number of benzene rings is 1. The lowest BCUT2D eigenvalue weighted by atomic mass is 9.94. The van der Waals surface area contributed by atoms with Crippen LogP contribution in [0.1, 0.15) is 59.9 Å². The van der Waals surface area contributed by atoms with Crippen LogP contribution in [0.4, 0.5) is 10.2 Å². The number of carboxylic acid groups (broad SMARTS) is 1. The molecule has 34 heavy (non-hydrogen) atoms. The van der Waals surface area contributed by atoms with E-state index in [4.69, 9.17) is 14.7 Å². The van der Waals surface area contributed by atoms with Crippen LogP contribution >= 0.6 is 0 Å². The number of rotatable bonds is 10. The van der Waals surface area contributed by atoms with E-state index in [1.807, 2.05) is 17.8 Å². The number of nitrogens with one attached hydrogen (secondary N) is 1. The fourth-order valence-electron chi connectivity index (χ4n) is 4.54. The molecule has 4 rings (SSSR count). The molecule has 2 aromatic heterocycles. The fourth-order valence-corrected chi connectivity index (χ4v) is 4.54. The minimum absolute atomic E-state index is 0.127. The summed E-state index contributed by atoms with van der Waals surface area (Å²) in [5.74, 6) is -0.262. The molecule has 3 heterocycles. The summed E-state index contributed by atoms with van der Waals surface area (Å²) in [7, 11) is 3.25. The predicted octanol–water partition coefficient (Wildman–Crippen LogP) is 4.49. The van der Waals surface area contributed by atoms with E-state index in [0.29, 0.717) is 11.4 Å². The van der Waals surface area contributed by atoms with Gasteiger partial charge in [0, 0.05) is 25.5 Å². The van der Waals surface area contributed by atoms with E-state index < -0.39 is 17.7 Å². The lowest BCUT2D eigenvalue weighted by Crippen LogP contribution is -2.14. The minimum Gasteiger partial charge on any atom is -0.494 e.